The zero-order valence-corrected chi connectivity index (χ0v) is 19.8. The standard InChI is InChI=1S/C25H24N2O7S/c1-27(2)19-14-8-11-7-13-12(10-5-6-35-9-10)3-4-15(28)17(13)20(29)16(11)22(31)25(14,34)23(32)18(21(19)30)24(26)33/h3-6,9,11,14,18-19,28-29,34H,7-8H2,1-2H3,(H2,26,33)/t11-,14-,18?,19-,25-/m0/s1. The van der Waals surface area contributed by atoms with Gasteiger partial charge in [0.1, 0.15) is 11.5 Å². The second-order valence-corrected chi connectivity index (χ2v) is 10.4. The molecule has 3 aliphatic rings. The first-order chi connectivity index (χ1) is 16.5. The molecule has 5 rings (SSSR count). The topological polar surface area (TPSA) is 158 Å². The number of ketones is 3. The molecule has 1 unspecified atom stereocenters. The van der Waals surface area contributed by atoms with Crippen molar-refractivity contribution in [1.29, 1.82) is 0 Å². The maximum atomic E-state index is 13.8. The Bertz CT molecular complexity index is 1330. The van der Waals surface area contributed by atoms with Gasteiger partial charge in [0.25, 0.3) is 0 Å². The van der Waals surface area contributed by atoms with E-state index in [0.29, 0.717) is 5.56 Å². The van der Waals surface area contributed by atoms with Gasteiger partial charge in [-0.3, -0.25) is 24.1 Å². The van der Waals surface area contributed by atoms with Crippen molar-refractivity contribution in [1.82, 2.24) is 4.90 Å². The molecular formula is C25H24N2O7S. The summed E-state index contributed by atoms with van der Waals surface area (Å²) in [6.07, 6.45) is 0.278. The quantitative estimate of drug-likeness (QED) is 0.459. The Hall–Kier alpha value is -3.34. The van der Waals surface area contributed by atoms with Gasteiger partial charge in [0.15, 0.2) is 23.1 Å². The molecule has 1 heterocycles. The monoisotopic (exact) mass is 496 g/mol. The fourth-order valence-electron chi connectivity index (χ4n) is 6.08. The molecule has 1 aromatic carbocycles. The number of nitrogens with two attached hydrogens (primary N) is 1. The van der Waals surface area contributed by atoms with Gasteiger partial charge in [-0.1, -0.05) is 6.07 Å². The van der Waals surface area contributed by atoms with Crippen LogP contribution in [0, 0.1) is 17.8 Å². The number of aliphatic hydroxyl groups is 2. The van der Waals surface area contributed by atoms with Crippen LogP contribution in [0.5, 0.6) is 5.75 Å². The molecule has 0 radical (unpaired) electrons. The average Bonchev–Trinajstić information content (AvgIpc) is 3.30. The van der Waals surface area contributed by atoms with Crippen molar-refractivity contribution >= 4 is 40.4 Å². The summed E-state index contributed by atoms with van der Waals surface area (Å²) in [6, 6.07) is 3.96. The van der Waals surface area contributed by atoms with Crippen LogP contribution in [0.2, 0.25) is 0 Å². The Morgan fingerprint density at radius 2 is 1.89 bits per heavy atom. The maximum Gasteiger partial charge on any atom is 0.235 e. The SMILES string of the molecule is CN(C)[C@@H]1C(=O)C(C(N)=O)C(=O)[C@@]2(O)C(=O)C3=C(O)c4c(O)ccc(-c5ccsc5)c4C[C@H]3C[C@@H]12. The second-order valence-electron chi connectivity index (χ2n) is 9.61. The van der Waals surface area contributed by atoms with Gasteiger partial charge < -0.3 is 21.1 Å². The average molecular weight is 497 g/mol. The van der Waals surface area contributed by atoms with E-state index in [1.54, 1.807) is 20.2 Å². The number of carbonyl (C=O) groups excluding carboxylic acids is 4. The van der Waals surface area contributed by atoms with Crippen LogP contribution in [0.3, 0.4) is 0 Å². The number of nitrogens with zero attached hydrogens (tertiary/aromatic N) is 1. The summed E-state index contributed by atoms with van der Waals surface area (Å²) in [7, 11) is 3.13. The molecule has 1 aromatic heterocycles. The van der Waals surface area contributed by atoms with Gasteiger partial charge in [-0.05, 0) is 72.4 Å². The number of benzene rings is 1. The predicted molar refractivity (Wildman–Crippen MR) is 126 cm³/mol. The van der Waals surface area contributed by atoms with Gasteiger partial charge in [0.2, 0.25) is 11.7 Å². The third-order valence-electron chi connectivity index (χ3n) is 7.58. The fraction of sp³-hybridized carbons (Fsp3) is 0.360. The van der Waals surface area contributed by atoms with E-state index in [2.05, 4.69) is 0 Å². The van der Waals surface area contributed by atoms with Gasteiger partial charge in [0.05, 0.1) is 11.6 Å². The van der Waals surface area contributed by atoms with Crippen molar-refractivity contribution in [3.8, 4) is 16.9 Å². The molecule has 182 valence electrons. The number of fused-ring (bicyclic) bond motifs is 3. The number of phenolic OH excluding ortho intramolecular Hbond substituents is 1. The van der Waals surface area contributed by atoms with Crippen molar-refractivity contribution < 1.29 is 34.5 Å². The first-order valence-electron chi connectivity index (χ1n) is 11.1. The highest BCUT2D eigenvalue weighted by Gasteiger charge is 2.67. The fourth-order valence-corrected chi connectivity index (χ4v) is 6.73. The highest BCUT2D eigenvalue weighted by atomic mass is 32.1. The molecule has 5 N–H and O–H groups in total. The Balaban J connectivity index is 1.72. The van der Waals surface area contributed by atoms with E-state index in [0.717, 1.165) is 11.1 Å². The number of amides is 1. The lowest BCUT2D eigenvalue weighted by molar-refractivity contribution is -0.175. The van der Waals surface area contributed by atoms with E-state index >= 15 is 0 Å². The Morgan fingerprint density at radius 1 is 1.17 bits per heavy atom. The van der Waals surface area contributed by atoms with Crippen LogP contribution in [-0.2, 0) is 25.6 Å². The number of thiophene rings is 1. The summed E-state index contributed by atoms with van der Waals surface area (Å²) in [5.41, 5.74) is 4.82. The third kappa shape index (κ3) is 3.06. The normalized spacial score (nSPS) is 30.2. The van der Waals surface area contributed by atoms with Crippen molar-refractivity contribution in [2.45, 2.75) is 24.5 Å². The lowest BCUT2D eigenvalue weighted by Gasteiger charge is -2.51. The molecular weight excluding hydrogens is 472 g/mol. The van der Waals surface area contributed by atoms with Crippen molar-refractivity contribution in [2.75, 3.05) is 14.1 Å². The number of aromatic hydroxyl groups is 1. The number of carbonyl (C=O) groups is 4. The van der Waals surface area contributed by atoms with Crippen LogP contribution in [0.15, 0.2) is 34.5 Å². The number of aliphatic hydroxyl groups excluding tert-OH is 1. The molecule has 2 fully saturated rings. The minimum Gasteiger partial charge on any atom is -0.507 e. The molecule has 0 spiro atoms. The zero-order chi connectivity index (χ0) is 25.4. The number of hydrogen-bond acceptors (Lipinski definition) is 9. The molecule has 3 aliphatic carbocycles. The van der Waals surface area contributed by atoms with E-state index in [9.17, 15) is 34.5 Å². The molecule has 0 bridgehead atoms. The number of rotatable bonds is 3. The first-order valence-corrected chi connectivity index (χ1v) is 12.1. The Labute approximate surface area is 204 Å². The lowest BCUT2D eigenvalue weighted by atomic mass is 9.54. The summed E-state index contributed by atoms with van der Waals surface area (Å²) in [4.78, 5) is 53.6. The number of Topliss-reactive ketones (excluding diaryl/α,β-unsaturated/α-hetero) is 3. The largest absolute Gasteiger partial charge is 0.507 e. The van der Waals surface area contributed by atoms with Crippen LogP contribution in [-0.4, -0.2) is 69.2 Å². The van der Waals surface area contributed by atoms with Crippen molar-refractivity contribution in [3.05, 3.63) is 45.7 Å². The summed E-state index contributed by atoms with van der Waals surface area (Å²) in [5, 5.41) is 37.2. The molecule has 5 atom stereocenters. The van der Waals surface area contributed by atoms with Gasteiger partial charge in [-0.2, -0.15) is 11.3 Å². The van der Waals surface area contributed by atoms with E-state index in [1.807, 2.05) is 16.8 Å². The number of likely N-dealkylation sites (N-methyl/N-ethyl adjacent to an activating group) is 1. The highest BCUT2D eigenvalue weighted by Crippen LogP contribution is 2.52. The van der Waals surface area contributed by atoms with E-state index < -0.39 is 58.4 Å². The van der Waals surface area contributed by atoms with Crippen LogP contribution < -0.4 is 5.73 Å². The van der Waals surface area contributed by atoms with Gasteiger partial charge in [0, 0.05) is 11.5 Å². The van der Waals surface area contributed by atoms with Crippen LogP contribution in [0.1, 0.15) is 17.5 Å². The Kier molecular flexibility index (Phi) is 5.24. The molecule has 2 saturated carbocycles. The minimum atomic E-state index is -2.71. The molecule has 2 aromatic rings. The molecule has 0 aliphatic heterocycles. The molecule has 9 nitrogen and oxygen atoms in total. The number of phenols is 1. The highest BCUT2D eigenvalue weighted by molar-refractivity contribution is 7.08. The first kappa shape index (κ1) is 23.4. The van der Waals surface area contributed by atoms with E-state index in [-0.39, 0.29) is 29.7 Å². The van der Waals surface area contributed by atoms with E-state index in [4.69, 9.17) is 5.73 Å². The number of primary amides is 1. The maximum absolute atomic E-state index is 13.8. The third-order valence-corrected chi connectivity index (χ3v) is 8.26. The summed E-state index contributed by atoms with van der Waals surface area (Å²) >= 11 is 1.49. The minimum absolute atomic E-state index is 0.0333. The molecule has 10 heteroatoms. The zero-order valence-electron chi connectivity index (χ0n) is 19.0. The van der Waals surface area contributed by atoms with Crippen molar-refractivity contribution in [3.63, 3.8) is 0 Å². The van der Waals surface area contributed by atoms with E-state index in [1.165, 1.54) is 22.3 Å². The van der Waals surface area contributed by atoms with Gasteiger partial charge in [-0.25, -0.2) is 0 Å². The summed E-state index contributed by atoms with van der Waals surface area (Å²) < 4.78 is 0. The summed E-state index contributed by atoms with van der Waals surface area (Å²) in [6.45, 7) is 0. The number of hydrogen-bond donors (Lipinski definition) is 4. The van der Waals surface area contributed by atoms with Crippen molar-refractivity contribution in [2.24, 2.45) is 23.5 Å². The lowest BCUT2D eigenvalue weighted by Crippen LogP contribution is -2.72. The molecule has 35 heavy (non-hydrogen) atoms. The smallest absolute Gasteiger partial charge is 0.235 e. The molecule has 0 saturated heterocycles. The predicted octanol–water partition coefficient (Wildman–Crippen LogP) is 1.07. The van der Waals surface area contributed by atoms with Crippen LogP contribution in [0.4, 0.5) is 0 Å². The van der Waals surface area contributed by atoms with Gasteiger partial charge >= 0.3 is 0 Å². The summed E-state index contributed by atoms with van der Waals surface area (Å²) in [5.74, 6) is -8.78. The van der Waals surface area contributed by atoms with Gasteiger partial charge in [-0.15, -0.1) is 0 Å². The van der Waals surface area contributed by atoms with Crippen LogP contribution in [0.25, 0.3) is 16.9 Å². The van der Waals surface area contributed by atoms with Crippen LogP contribution >= 0.6 is 11.3 Å². The molecule has 1 amide bonds. The Morgan fingerprint density at radius 3 is 2.49 bits per heavy atom. The second kappa shape index (κ2) is 7.84.